The van der Waals surface area contributed by atoms with Gasteiger partial charge in [0.1, 0.15) is 16.6 Å². The molecule has 0 radical (unpaired) electrons. The highest BCUT2D eigenvalue weighted by Gasteiger charge is 2.33. The molecule has 30 heavy (non-hydrogen) atoms. The summed E-state index contributed by atoms with van der Waals surface area (Å²) >= 11 is 6.27. The van der Waals surface area contributed by atoms with E-state index in [0.29, 0.717) is 17.1 Å². The van der Waals surface area contributed by atoms with E-state index in [1.54, 1.807) is 18.5 Å². The molecule has 0 spiro atoms. The highest BCUT2D eigenvalue weighted by Crippen LogP contribution is 2.34. The predicted molar refractivity (Wildman–Crippen MR) is 119 cm³/mol. The zero-order valence-corrected chi connectivity index (χ0v) is 17.3. The fourth-order valence-electron chi connectivity index (χ4n) is 3.03. The molecule has 1 N–H and O–H groups in total. The van der Waals surface area contributed by atoms with E-state index in [2.05, 4.69) is 4.98 Å². The largest absolute Gasteiger partial charge is 0.480 e. The quantitative estimate of drug-likeness (QED) is 0.469. The Balaban J connectivity index is 1.71. The van der Waals surface area contributed by atoms with Gasteiger partial charge >= 0.3 is 5.97 Å². The van der Waals surface area contributed by atoms with E-state index in [4.69, 9.17) is 22.4 Å². The van der Waals surface area contributed by atoms with Gasteiger partial charge < -0.3 is 5.11 Å². The number of rotatable bonds is 6. The average Bonchev–Trinajstić information content (AvgIpc) is 3.25. The van der Waals surface area contributed by atoms with Gasteiger partial charge in [0, 0.05) is 29.7 Å². The van der Waals surface area contributed by atoms with E-state index in [1.165, 1.54) is 0 Å². The van der Waals surface area contributed by atoms with Gasteiger partial charge in [-0.25, -0.2) is 0 Å². The van der Waals surface area contributed by atoms with Gasteiger partial charge in [0.25, 0.3) is 5.91 Å². The molecule has 0 aliphatic carbocycles. The molecule has 4 rings (SSSR count). The highest BCUT2D eigenvalue weighted by atomic mass is 32.2. The third-order valence-electron chi connectivity index (χ3n) is 4.37. The SMILES string of the molecule is O=C(O)CN1C(=O)/C(=C/c2cn(Cc3ccccc3)nc2-c2cccnc2)SC1=S. The molecule has 9 heteroatoms. The van der Waals surface area contributed by atoms with E-state index >= 15 is 0 Å². The molecule has 0 bridgehead atoms. The van der Waals surface area contributed by atoms with Gasteiger partial charge in [-0.15, -0.1) is 0 Å². The number of nitrogens with zero attached hydrogens (tertiary/aromatic N) is 4. The number of aromatic nitrogens is 3. The van der Waals surface area contributed by atoms with Gasteiger partial charge in [0.05, 0.1) is 11.4 Å². The summed E-state index contributed by atoms with van der Waals surface area (Å²) in [7, 11) is 0. The molecular weight excluding hydrogens is 420 g/mol. The Bertz CT molecular complexity index is 1140. The predicted octanol–water partition coefficient (Wildman–Crippen LogP) is 3.28. The molecule has 1 amide bonds. The molecule has 1 fully saturated rings. The van der Waals surface area contributed by atoms with E-state index < -0.39 is 18.4 Å². The van der Waals surface area contributed by atoms with Crippen molar-refractivity contribution in [3.05, 3.63) is 77.1 Å². The minimum Gasteiger partial charge on any atom is -0.480 e. The standard InChI is InChI=1S/C21H16N4O3S2/c26-18(27)13-25-20(28)17(30-21(25)29)9-16-12-24(11-14-5-2-1-3-6-14)23-19(16)15-7-4-8-22-10-15/h1-10,12H,11,13H2,(H,26,27)/b17-9-. The number of thiocarbonyl (C=S) groups is 1. The molecule has 1 aromatic carbocycles. The Morgan fingerprint density at radius 1 is 1.20 bits per heavy atom. The first-order valence-corrected chi connectivity index (χ1v) is 10.2. The van der Waals surface area contributed by atoms with Gasteiger partial charge in [0.15, 0.2) is 0 Å². The van der Waals surface area contributed by atoms with Crippen molar-refractivity contribution in [1.82, 2.24) is 19.7 Å². The van der Waals surface area contributed by atoms with E-state index in [-0.39, 0.29) is 4.32 Å². The molecule has 1 aliphatic heterocycles. The van der Waals surface area contributed by atoms with Crippen molar-refractivity contribution in [2.45, 2.75) is 6.54 Å². The number of carboxylic acid groups (broad SMARTS) is 1. The van der Waals surface area contributed by atoms with Gasteiger partial charge in [-0.3, -0.25) is 24.2 Å². The molecular formula is C21H16N4O3S2. The first kappa shape index (κ1) is 20.0. The van der Waals surface area contributed by atoms with Crippen molar-refractivity contribution in [3.63, 3.8) is 0 Å². The first-order chi connectivity index (χ1) is 14.5. The lowest BCUT2D eigenvalue weighted by molar-refractivity contribution is -0.140. The Labute approximate surface area is 182 Å². The zero-order valence-electron chi connectivity index (χ0n) is 15.6. The van der Waals surface area contributed by atoms with Crippen LogP contribution < -0.4 is 0 Å². The zero-order chi connectivity index (χ0) is 21.1. The molecule has 3 heterocycles. The molecule has 1 saturated heterocycles. The van der Waals surface area contributed by atoms with Crippen LogP contribution in [0.15, 0.2) is 66.0 Å². The lowest BCUT2D eigenvalue weighted by atomic mass is 10.1. The summed E-state index contributed by atoms with van der Waals surface area (Å²) in [6.45, 7) is 0.118. The summed E-state index contributed by atoms with van der Waals surface area (Å²) in [6.07, 6.45) is 6.96. The monoisotopic (exact) mass is 436 g/mol. The van der Waals surface area contributed by atoms with Crippen molar-refractivity contribution < 1.29 is 14.7 Å². The van der Waals surface area contributed by atoms with Gasteiger partial charge in [-0.05, 0) is 23.8 Å². The van der Waals surface area contributed by atoms with Gasteiger partial charge in [-0.2, -0.15) is 5.10 Å². The third kappa shape index (κ3) is 4.32. The number of amides is 1. The molecule has 7 nitrogen and oxygen atoms in total. The fraction of sp³-hybridized carbons (Fsp3) is 0.0952. The molecule has 1 aliphatic rings. The Morgan fingerprint density at radius 2 is 2.00 bits per heavy atom. The molecule has 150 valence electrons. The van der Waals surface area contributed by atoms with Gasteiger partial charge in [-0.1, -0.05) is 54.3 Å². The van der Waals surface area contributed by atoms with Crippen LogP contribution in [0.3, 0.4) is 0 Å². The highest BCUT2D eigenvalue weighted by molar-refractivity contribution is 8.26. The first-order valence-electron chi connectivity index (χ1n) is 9.00. The number of carboxylic acids is 1. The summed E-state index contributed by atoms with van der Waals surface area (Å²) in [5.74, 6) is -1.53. The third-order valence-corrected chi connectivity index (χ3v) is 5.74. The number of carbonyl (C=O) groups is 2. The lowest BCUT2D eigenvalue weighted by Crippen LogP contribution is -2.33. The second kappa shape index (κ2) is 8.60. The Kier molecular flexibility index (Phi) is 5.73. The van der Waals surface area contributed by atoms with E-state index in [9.17, 15) is 9.59 Å². The second-order valence-electron chi connectivity index (χ2n) is 6.52. The summed E-state index contributed by atoms with van der Waals surface area (Å²) < 4.78 is 2.04. The molecule has 0 saturated carbocycles. The van der Waals surface area contributed by atoms with Crippen molar-refractivity contribution in [2.75, 3.05) is 6.54 Å². The second-order valence-corrected chi connectivity index (χ2v) is 8.20. The maximum atomic E-state index is 12.6. The maximum Gasteiger partial charge on any atom is 0.323 e. The number of pyridine rings is 1. The average molecular weight is 437 g/mol. The Hall–Kier alpha value is -3.30. The lowest BCUT2D eigenvalue weighted by Gasteiger charge is -2.10. The van der Waals surface area contributed by atoms with E-state index in [0.717, 1.165) is 33.4 Å². The number of hydrogen-bond acceptors (Lipinski definition) is 6. The van der Waals surface area contributed by atoms with Crippen LogP contribution in [-0.4, -0.2) is 47.5 Å². The number of hydrogen-bond donors (Lipinski definition) is 1. The van der Waals surface area contributed by atoms with Crippen LogP contribution in [-0.2, 0) is 16.1 Å². The molecule has 0 unspecified atom stereocenters. The topological polar surface area (TPSA) is 88.3 Å². The summed E-state index contributed by atoms with van der Waals surface area (Å²) in [4.78, 5) is 29.3. The minimum atomic E-state index is -1.11. The number of benzene rings is 1. The summed E-state index contributed by atoms with van der Waals surface area (Å²) in [5, 5.41) is 13.7. The van der Waals surface area contributed by atoms with Crippen molar-refractivity contribution in [1.29, 1.82) is 0 Å². The van der Waals surface area contributed by atoms with Crippen LogP contribution in [0.5, 0.6) is 0 Å². The fourth-order valence-corrected chi connectivity index (χ4v) is 4.28. The van der Waals surface area contributed by atoms with Crippen LogP contribution in [0.25, 0.3) is 17.3 Å². The van der Waals surface area contributed by atoms with Crippen molar-refractivity contribution in [3.8, 4) is 11.3 Å². The van der Waals surface area contributed by atoms with Crippen LogP contribution in [0.1, 0.15) is 11.1 Å². The normalized spacial score (nSPS) is 15.2. The summed E-state index contributed by atoms with van der Waals surface area (Å²) in [5.41, 5.74) is 3.32. The maximum absolute atomic E-state index is 12.6. The van der Waals surface area contributed by atoms with Crippen LogP contribution in [0.4, 0.5) is 0 Å². The molecule has 2 aromatic heterocycles. The van der Waals surface area contributed by atoms with Crippen LogP contribution >= 0.6 is 24.0 Å². The smallest absolute Gasteiger partial charge is 0.323 e. The molecule has 3 aromatic rings. The minimum absolute atomic E-state index is 0.230. The van der Waals surface area contributed by atoms with E-state index in [1.807, 2.05) is 53.3 Å². The number of thioether (sulfide) groups is 1. The molecule has 0 atom stereocenters. The number of aliphatic carboxylic acids is 1. The van der Waals surface area contributed by atoms with Crippen LogP contribution in [0.2, 0.25) is 0 Å². The Morgan fingerprint density at radius 3 is 2.70 bits per heavy atom. The van der Waals surface area contributed by atoms with Gasteiger partial charge in [0.2, 0.25) is 0 Å². The van der Waals surface area contributed by atoms with Crippen LogP contribution in [0, 0.1) is 0 Å². The summed E-state index contributed by atoms with van der Waals surface area (Å²) in [6, 6.07) is 13.6. The number of carbonyl (C=O) groups excluding carboxylic acids is 1. The van der Waals surface area contributed by atoms with Crippen molar-refractivity contribution in [2.24, 2.45) is 0 Å². The van der Waals surface area contributed by atoms with Crippen molar-refractivity contribution >= 4 is 46.3 Å².